The largest absolute Gasteiger partial charge is 0.392 e. The molecule has 0 saturated carbocycles. The Morgan fingerprint density at radius 3 is 2.86 bits per heavy atom. The summed E-state index contributed by atoms with van der Waals surface area (Å²) in [6.07, 6.45) is 0. The molecule has 1 unspecified atom stereocenters. The zero-order valence-corrected chi connectivity index (χ0v) is 11.9. The molecule has 1 atom stereocenters. The number of nitrogens with two attached hydrogens (primary N) is 1. The minimum atomic E-state index is -0.704. The number of carbonyl (C=O) groups is 2. The van der Waals surface area contributed by atoms with Crippen LogP contribution in [0.2, 0.25) is 5.02 Å². The number of piperazine rings is 1. The topological polar surface area (TPSA) is 119 Å². The number of nitrogen functional groups attached to an aromatic ring is 1. The molecule has 8 nitrogen and oxygen atoms in total. The average molecular weight is 313 g/mol. The molecule has 3 N–H and O–H groups in total. The summed E-state index contributed by atoms with van der Waals surface area (Å²) in [4.78, 5) is 35.5. The van der Waals surface area contributed by atoms with Gasteiger partial charge in [-0.05, 0) is 13.0 Å². The summed E-state index contributed by atoms with van der Waals surface area (Å²) in [6, 6.07) is 1.69. The van der Waals surface area contributed by atoms with Crippen molar-refractivity contribution in [2.75, 3.05) is 18.8 Å². The molecule has 21 heavy (non-hydrogen) atoms. The second kappa shape index (κ2) is 5.57. The molecule has 1 aliphatic rings. The van der Waals surface area contributed by atoms with Crippen LogP contribution >= 0.6 is 11.6 Å². The van der Waals surface area contributed by atoms with Gasteiger partial charge in [-0.1, -0.05) is 11.6 Å². The molecule has 1 aromatic carbocycles. The van der Waals surface area contributed by atoms with Crippen LogP contribution in [-0.4, -0.2) is 40.8 Å². The first kappa shape index (κ1) is 15.0. The van der Waals surface area contributed by atoms with Crippen LogP contribution in [0.1, 0.15) is 17.3 Å². The third-order valence-electron chi connectivity index (χ3n) is 3.31. The monoisotopic (exact) mass is 312 g/mol. The molecule has 1 aromatic rings. The number of halogens is 1. The van der Waals surface area contributed by atoms with Gasteiger partial charge in [0, 0.05) is 24.7 Å². The van der Waals surface area contributed by atoms with E-state index in [1.165, 1.54) is 11.0 Å². The van der Waals surface area contributed by atoms with Crippen LogP contribution in [-0.2, 0) is 4.79 Å². The lowest BCUT2D eigenvalue weighted by atomic mass is 10.1. The molecule has 0 bridgehead atoms. The van der Waals surface area contributed by atoms with Crippen molar-refractivity contribution >= 4 is 34.8 Å². The molecule has 0 aliphatic carbocycles. The van der Waals surface area contributed by atoms with Crippen LogP contribution in [0.4, 0.5) is 11.4 Å². The number of hydrogen-bond donors (Lipinski definition) is 2. The first-order valence-corrected chi connectivity index (χ1v) is 6.52. The van der Waals surface area contributed by atoms with Crippen molar-refractivity contribution in [2.45, 2.75) is 13.0 Å². The molecule has 0 radical (unpaired) electrons. The fourth-order valence-electron chi connectivity index (χ4n) is 2.10. The maximum absolute atomic E-state index is 12.4. The van der Waals surface area contributed by atoms with Crippen LogP contribution in [0.3, 0.4) is 0 Å². The predicted octanol–water partition coefficient (Wildman–Crippen LogP) is 0.791. The van der Waals surface area contributed by atoms with Gasteiger partial charge in [-0.2, -0.15) is 0 Å². The molecule has 112 valence electrons. The lowest BCUT2D eigenvalue weighted by Gasteiger charge is -2.32. The Morgan fingerprint density at radius 1 is 1.57 bits per heavy atom. The average Bonchev–Trinajstić information content (AvgIpc) is 2.43. The highest BCUT2D eigenvalue weighted by molar-refractivity contribution is 6.34. The number of nitro benzene ring substituents is 1. The Balaban J connectivity index is 2.39. The van der Waals surface area contributed by atoms with E-state index in [4.69, 9.17) is 17.3 Å². The van der Waals surface area contributed by atoms with E-state index in [1.54, 1.807) is 6.92 Å². The second-order valence-electron chi connectivity index (χ2n) is 4.61. The van der Waals surface area contributed by atoms with Gasteiger partial charge in [0.05, 0.1) is 9.95 Å². The van der Waals surface area contributed by atoms with Gasteiger partial charge >= 0.3 is 0 Å². The first-order chi connectivity index (χ1) is 9.82. The molecule has 0 spiro atoms. The summed E-state index contributed by atoms with van der Waals surface area (Å²) >= 11 is 5.83. The highest BCUT2D eigenvalue weighted by Crippen LogP contribution is 2.31. The smallest absolute Gasteiger partial charge is 0.294 e. The number of nitrogens with one attached hydrogen (secondary N) is 1. The van der Waals surface area contributed by atoms with Crippen molar-refractivity contribution in [3.63, 3.8) is 0 Å². The molecular formula is C12H13ClN4O4. The first-order valence-electron chi connectivity index (χ1n) is 6.15. The highest BCUT2D eigenvalue weighted by atomic mass is 35.5. The van der Waals surface area contributed by atoms with E-state index < -0.39 is 22.6 Å². The van der Waals surface area contributed by atoms with Gasteiger partial charge in [0.25, 0.3) is 11.6 Å². The van der Waals surface area contributed by atoms with Gasteiger partial charge in [0.15, 0.2) is 0 Å². The summed E-state index contributed by atoms with van der Waals surface area (Å²) in [5, 5.41) is 13.5. The molecule has 1 saturated heterocycles. The third-order valence-corrected chi connectivity index (χ3v) is 3.62. The highest BCUT2D eigenvalue weighted by Gasteiger charge is 2.31. The quantitative estimate of drug-likeness (QED) is 0.475. The van der Waals surface area contributed by atoms with Gasteiger partial charge < -0.3 is 16.0 Å². The molecular weight excluding hydrogens is 300 g/mol. The fourth-order valence-corrected chi connectivity index (χ4v) is 2.32. The van der Waals surface area contributed by atoms with Gasteiger partial charge in [-0.15, -0.1) is 0 Å². The zero-order chi connectivity index (χ0) is 15.7. The van der Waals surface area contributed by atoms with Gasteiger partial charge in [0.2, 0.25) is 5.91 Å². The molecule has 1 heterocycles. The summed E-state index contributed by atoms with van der Waals surface area (Å²) < 4.78 is 0. The van der Waals surface area contributed by atoms with Crippen molar-refractivity contribution in [1.82, 2.24) is 10.2 Å². The summed E-state index contributed by atoms with van der Waals surface area (Å²) in [5.74, 6) is -0.770. The van der Waals surface area contributed by atoms with Crippen LogP contribution in [0.15, 0.2) is 12.1 Å². The Morgan fingerprint density at radius 2 is 2.24 bits per heavy atom. The number of nitro groups is 1. The van der Waals surface area contributed by atoms with E-state index in [-0.39, 0.29) is 22.2 Å². The van der Waals surface area contributed by atoms with Gasteiger partial charge in [-0.3, -0.25) is 19.7 Å². The summed E-state index contributed by atoms with van der Waals surface area (Å²) in [6.45, 7) is 2.24. The number of amides is 2. The standard InChI is InChI=1S/C12H13ClN4O4/c1-6-11(18)15-2-3-16(6)12(19)7-4-8(13)10(14)9(5-7)17(20)21/h4-6H,2-3,14H2,1H3,(H,15,18). The number of hydrogen-bond acceptors (Lipinski definition) is 5. The van der Waals surface area contributed by atoms with Gasteiger partial charge in [0.1, 0.15) is 11.7 Å². The van der Waals surface area contributed by atoms with Crippen LogP contribution in [0.25, 0.3) is 0 Å². The summed E-state index contributed by atoms with van der Waals surface area (Å²) in [7, 11) is 0. The van der Waals surface area contributed by atoms with E-state index in [1.807, 2.05) is 0 Å². The zero-order valence-electron chi connectivity index (χ0n) is 11.1. The number of carbonyl (C=O) groups excluding carboxylic acids is 2. The van der Waals surface area contributed by atoms with Crippen molar-refractivity contribution in [2.24, 2.45) is 0 Å². The Bertz CT molecular complexity index is 634. The molecule has 2 rings (SSSR count). The molecule has 1 aliphatic heterocycles. The van der Waals surface area contributed by atoms with Crippen molar-refractivity contribution < 1.29 is 14.5 Å². The van der Waals surface area contributed by atoms with Crippen LogP contribution < -0.4 is 11.1 Å². The maximum Gasteiger partial charge on any atom is 0.294 e. The Labute approximate surface area is 125 Å². The van der Waals surface area contributed by atoms with E-state index in [2.05, 4.69) is 5.32 Å². The number of benzene rings is 1. The van der Waals surface area contributed by atoms with Crippen molar-refractivity contribution in [3.8, 4) is 0 Å². The number of rotatable bonds is 2. The number of nitrogens with zero attached hydrogens (tertiary/aromatic N) is 2. The SMILES string of the molecule is CC1C(=O)NCCN1C(=O)c1cc(Cl)c(N)c([N+](=O)[O-])c1. The second-order valence-corrected chi connectivity index (χ2v) is 5.02. The molecule has 0 aromatic heterocycles. The van der Waals surface area contributed by atoms with E-state index >= 15 is 0 Å². The van der Waals surface area contributed by atoms with Gasteiger partial charge in [-0.25, -0.2) is 0 Å². The Kier molecular flexibility index (Phi) is 3.99. The van der Waals surface area contributed by atoms with Crippen LogP contribution in [0, 0.1) is 10.1 Å². The fraction of sp³-hybridized carbons (Fsp3) is 0.333. The van der Waals surface area contributed by atoms with E-state index in [0.29, 0.717) is 13.1 Å². The summed E-state index contributed by atoms with van der Waals surface area (Å²) in [5.41, 5.74) is 4.93. The predicted molar refractivity (Wildman–Crippen MR) is 76.0 cm³/mol. The van der Waals surface area contributed by atoms with Crippen molar-refractivity contribution in [1.29, 1.82) is 0 Å². The maximum atomic E-state index is 12.4. The number of anilines is 1. The molecule has 2 amide bonds. The minimum absolute atomic E-state index is 0.0300. The molecule has 1 fully saturated rings. The lowest BCUT2D eigenvalue weighted by molar-refractivity contribution is -0.383. The normalized spacial score (nSPS) is 18.3. The Hall–Kier alpha value is -2.35. The molecule has 9 heteroatoms. The van der Waals surface area contributed by atoms with Crippen LogP contribution in [0.5, 0.6) is 0 Å². The third kappa shape index (κ3) is 2.75. The van der Waals surface area contributed by atoms with E-state index in [9.17, 15) is 19.7 Å². The lowest BCUT2D eigenvalue weighted by Crippen LogP contribution is -2.55. The van der Waals surface area contributed by atoms with E-state index in [0.717, 1.165) is 6.07 Å². The van der Waals surface area contributed by atoms with Crippen molar-refractivity contribution in [3.05, 3.63) is 32.8 Å². The minimum Gasteiger partial charge on any atom is -0.392 e.